The lowest BCUT2D eigenvalue weighted by Gasteiger charge is -2.16. The third-order valence-corrected chi connectivity index (χ3v) is 3.86. The molecule has 5 heteroatoms. The van der Waals surface area contributed by atoms with Crippen LogP contribution in [0.3, 0.4) is 0 Å². The summed E-state index contributed by atoms with van der Waals surface area (Å²) in [7, 11) is 3.32. The number of methoxy groups -OCH3 is 2. The maximum absolute atomic E-state index is 11.7. The van der Waals surface area contributed by atoms with Crippen molar-refractivity contribution in [3.8, 4) is 11.5 Å². The number of hydrogen-bond acceptors (Lipinski definition) is 4. The molecule has 0 aromatic heterocycles. The molecule has 1 atom stereocenters. The van der Waals surface area contributed by atoms with Crippen molar-refractivity contribution in [2.75, 3.05) is 40.4 Å². The highest BCUT2D eigenvalue weighted by atomic mass is 16.5. The average molecular weight is 292 g/mol. The molecule has 0 radical (unpaired) electrons. The van der Waals surface area contributed by atoms with Crippen LogP contribution in [-0.4, -0.2) is 51.2 Å². The monoisotopic (exact) mass is 292 g/mol. The predicted molar refractivity (Wildman–Crippen MR) is 82.0 cm³/mol. The molecule has 5 nitrogen and oxygen atoms in total. The first-order valence-corrected chi connectivity index (χ1v) is 7.38. The molecular formula is C16H24N2O3. The Kier molecular flexibility index (Phi) is 5.44. The van der Waals surface area contributed by atoms with Crippen molar-refractivity contribution in [2.45, 2.75) is 19.3 Å². The Balaban J connectivity index is 2.02. The first kappa shape index (κ1) is 15.6. The molecule has 1 aliphatic heterocycles. The summed E-state index contributed by atoms with van der Waals surface area (Å²) in [6.07, 6.45) is 1.05. The van der Waals surface area contributed by atoms with E-state index in [2.05, 4.69) is 22.3 Å². The zero-order valence-corrected chi connectivity index (χ0v) is 13.0. The van der Waals surface area contributed by atoms with Gasteiger partial charge in [0.25, 0.3) is 0 Å². The van der Waals surface area contributed by atoms with Crippen LogP contribution >= 0.6 is 0 Å². The molecule has 1 fully saturated rings. The van der Waals surface area contributed by atoms with Gasteiger partial charge in [0.15, 0.2) is 0 Å². The molecule has 1 aromatic carbocycles. The Morgan fingerprint density at radius 3 is 2.52 bits per heavy atom. The second kappa shape index (κ2) is 7.31. The van der Waals surface area contributed by atoms with E-state index in [1.54, 1.807) is 14.2 Å². The van der Waals surface area contributed by atoms with Crippen molar-refractivity contribution >= 4 is 5.91 Å². The van der Waals surface area contributed by atoms with Crippen LogP contribution in [0.2, 0.25) is 0 Å². The third kappa shape index (κ3) is 4.11. The van der Waals surface area contributed by atoms with Crippen LogP contribution in [-0.2, 0) is 4.79 Å². The molecule has 1 aliphatic rings. The van der Waals surface area contributed by atoms with E-state index in [-0.39, 0.29) is 5.91 Å². The lowest BCUT2D eigenvalue weighted by Crippen LogP contribution is -2.35. The minimum absolute atomic E-state index is 0.0985. The number of nitrogens with one attached hydrogen (secondary N) is 1. The van der Waals surface area contributed by atoms with Crippen LogP contribution < -0.4 is 14.8 Å². The largest absolute Gasteiger partial charge is 0.497 e. The number of likely N-dealkylation sites (N-methyl/N-ethyl adjacent to an activating group) is 1. The summed E-state index contributed by atoms with van der Waals surface area (Å²) >= 11 is 0. The van der Waals surface area contributed by atoms with Gasteiger partial charge in [-0.25, -0.2) is 0 Å². The topological polar surface area (TPSA) is 50.8 Å². The van der Waals surface area contributed by atoms with Crippen LogP contribution in [0, 0.1) is 0 Å². The fraction of sp³-hybridized carbons (Fsp3) is 0.562. The lowest BCUT2D eigenvalue weighted by molar-refractivity contribution is -0.121. The molecule has 0 bridgehead atoms. The van der Waals surface area contributed by atoms with E-state index in [1.165, 1.54) is 5.56 Å². The molecule has 116 valence electrons. The van der Waals surface area contributed by atoms with E-state index in [4.69, 9.17) is 9.47 Å². The van der Waals surface area contributed by atoms with Gasteiger partial charge < -0.3 is 14.8 Å². The van der Waals surface area contributed by atoms with E-state index in [1.807, 2.05) is 13.0 Å². The van der Waals surface area contributed by atoms with E-state index in [0.717, 1.165) is 31.0 Å². The van der Waals surface area contributed by atoms with E-state index in [9.17, 15) is 4.79 Å². The third-order valence-electron chi connectivity index (χ3n) is 3.86. The van der Waals surface area contributed by atoms with Crippen molar-refractivity contribution in [1.29, 1.82) is 0 Å². The molecule has 1 aromatic rings. The van der Waals surface area contributed by atoms with E-state index >= 15 is 0 Å². The summed E-state index contributed by atoms with van der Waals surface area (Å²) in [6, 6.07) is 6.00. The van der Waals surface area contributed by atoms with Gasteiger partial charge in [-0.3, -0.25) is 9.69 Å². The Labute approximate surface area is 126 Å². The minimum Gasteiger partial charge on any atom is -0.497 e. The van der Waals surface area contributed by atoms with Crippen molar-refractivity contribution in [3.63, 3.8) is 0 Å². The number of likely N-dealkylation sites (tertiary alicyclic amines) is 1. The normalized spacial score (nSPS) is 18.5. The first-order valence-electron chi connectivity index (χ1n) is 7.38. The molecule has 1 heterocycles. The predicted octanol–water partition coefficient (Wildman–Crippen LogP) is 1.63. The van der Waals surface area contributed by atoms with Gasteiger partial charge >= 0.3 is 0 Å². The fourth-order valence-corrected chi connectivity index (χ4v) is 2.77. The van der Waals surface area contributed by atoms with E-state index in [0.29, 0.717) is 19.0 Å². The van der Waals surface area contributed by atoms with Gasteiger partial charge in [-0.1, -0.05) is 0 Å². The molecule has 0 spiro atoms. The maximum atomic E-state index is 11.7. The van der Waals surface area contributed by atoms with Gasteiger partial charge in [-0.2, -0.15) is 0 Å². The number of rotatable bonds is 6. The van der Waals surface area contributed by atoms with Crippen molar-refractivity contribution in [2.24, 2.45) is 0 Å². The van der Waals surface area contributed by atoms with Crippen LogP contribution in [0.4, 0.5) is 0 Å². The fourth-order valence-electron chi connectivity index (χ4n) is 2.77. The van der Waals surface area contributed by atoms with E-state index < -0.39 is 0 Å². The van der Waals surface area contributed by atoms with Gasteiger partial charge in [-0.05, 0) is 43.5 Å². The van der Waals surface area contributed by atoms with Crippen LogP contribution in [0.15, 0.2) is 18.2 Å². The number of nitrogens with zero attached hydrogens (tertiary/aromatic N) is 1. The maximum Gasteiger partial charge on any atom is 0.234 e. The van der Waals surface area contributed by atoms with Gasteiger partial charge in [0, 0.05) is 19.2 Å². The summed E-state index contributed by atoms with van der Waals surface area (Å²) in [4.78, 5) is 13.8. The second-order valence-corrected chi connectivity index (χ2v) is 5.32. The van der Waals surface area contributed by atoms with Gasteiger partial charge in [0.2, 0.25) is 5.91 Å². The highest BCUT2D eigenvalue weighted by Crippen LogP contribution is 2.32. The average Bonchev–Trinajstić information content (AvgIpc) is 2.95. The van der Waals surface area contributed by atoms with Crippen molar-refractivity contribution in [3.05, 3.63) is 23.8 Å². The van der Waals surface area contributed by atoms with Crippen molar-refractivity contribution < 1.29 is 14.3 Å². The van der Waals surface area contributed by atoms with Gasteiger partial charge in [0.05, 0.1) is 20.8 Å². The molecular weight excluding hydrogens is 268 g/mol. The molecule has 1 amide bonds. The molecule has 2 rings (SSSR count). The Morgan fingerprint density at radius 2 is 1.95 bits per heavy atom. The number of carbonyl (C=O) groups is 1. The molecule has 1 N–H and O–H groups in total. The van der Waals surface area contributed by atoms with Crippen molar-refractivity contribution in [1.82, 2.24) is 10.2 Å². The SMILES string of the molecule is CCNC(=O)CN1CC[C@@H](c2cc(OC)cc(OC)c2)C1. The summed E-state index contributed by atoms with van der Waals surface area (Å²) in [5.74, 6) is 2.14. The van der Waals surface area contributed by atoms with Crippen LogP contribution in [0.1, 0.15) is 24.8 Å². The summed E-state index contributed by atoms with van der Waals surface area (Å²) in [5, 5.41) is 2.84. The highest BCUT2D eigenvalue weighted by Gasteiger charge is 2.25. The number of benzene rings is 1. The molecule has 0 aliphatic carbocycles. The standard InChI is InChI=1S/C16H24N2O3/c1-4-17-16(19)11-18-6-5-12(10-18)13-7-14(20-2)9-15(8-13)21-3/h7-9,12H,4-6,10-11H2,1-3H3,(H,17,19)/t12-/m1/s1. The number of ether oxygens (including phenoxy) is 2. The van der Waals surface area contributed by atoms with Gasteiger partial charge in [0.1, 0.15) is 11.5 Å². The number of carbonyl (C=O) groups excluding carboxylic acids is 1. The quantitative estimate of drug-likeness (QED) is 0.866. The minimum atomic E-state index is 0.0985. The van der Waals surface area contributed by atoms with Crippen LogP contribution in [0.25, 0.3) is 0 Å². The molecule has 1 saturated heterocycles. The summed E-state index contributed by atoms with van der Waals surface area (Å²) < 4.78 is 10.6. The zero-order chi connectivity index (χ0) is 15.2. The molecule has 0 unspecified atom stereocenters. The lowest BCUT2D eigenvalue weighted by atomic mass is 9.98. The second-order valence-electron chi connectivity index (χ2n) is 5.32. The van der Waals surface area contributed by atoms with Crippen LogP contribution in [0.5, 0.6) is 11.5 Å². The number of amides is 1. The number of hydrogen-bond donors (Lipinski definition) is 1. The summed E-state index contributed by atoms with van der Waals surface area (Å²) in [6.45, 7) is 4.94. The summed E-state index contributed by atoms with van der Waals surface area (Å²) in [5.41, 5.74) is 1.21. The van der Waals surface area contributed by atoms with Gasteiger partial charge in [-0.15, -0.1) is 0 Å². The zero-order valence-electron chi connectivity index (χ0n) is 13.0. The first-order chi connectivity index (χ1) is 10.2. The Morgan fingerprint density at radius 1 is 1.29 bits per heavy atom. The Bertz CT molecular complexity index is 468. The Hall–Kier alpha value is -1.75. The smallest absolute Gasteiger partial charge is 0.234 e. The highest BCUT2D eigenvalue weighted by molar-refractivity contribution is 5.78. The molecule has 0 saturated carbocycles. The molecule has 21 heavy (non-hydrogen) atoms.